The third-order valence-electron chi connectivity index (χ3n) is 4.58. The minimum Gasteiger partial charge on any atom is -0.415 e. The lowest BCUT2D eigenvalue weighted by Crippen LogP contribution is -3.07. The first-order chi connectivity index (χ1) is 12.7. The molecule has 142 valence electrons. The molecule has 0 saturated carbocycles. The Bertz CT molecular complexity index is 903. The Labute approximate surface area is 155 Å². The van der Waals surface area contributed by atoms with E-state index in [0.717, 1.165) is 33.7 Å². The van der Waals surface area contributed by atoms with E-state index in [1.807, 2.05) is 45.2 Å². The van der Waals surface area contributed by atoms with Gasteiger partial charge in [0.05, 0.1) is 12.6 Å². The molecule has 0 radical (unpaired) electrons. The summed E-state index contributed by atoms with van der Waals surface area (Å²) in [6.07, 6.45) is -4.32. The van der Waals surface area contributed by atoms with Crippen molar-refractivity contribution in [3.63, 3.8) is 0 Å². The molecule has 0 aliphatic rings. The smallest absolute Gasteiger partial charge is 0.415 e. The average Bonchev–Trinajstić information content (AvgIpc) is 3.11. The summed E-state index contributed by atoms with van der Waals surface area (Å²) in [6.45, 7) is 4.49. The number of rotatable bonds is 5. The highest BCUT2D eigenvalue weighted by molar-refractivity contribution is 5.53. The Balaban J connectivity index is 1.69. The van der Waals surface area contributed by atoms with Crippen LogP contribution < -0.4 is 4.90 Å². The molecule has 0 saturated heterocycles. The van der Waals surface area contributed by atoms with Crippen molar-refractivity contribution in [2.24, 2.45) is 0 Å². The van der Waals surface area contributed by atoms with Gasteiger partial charge in [-0.3, -0.25) is 0 Å². The number of aromatic nitrogens is 2. The van der Waals surface area contributed by atoms with Crippen LogP contribution in [0.25, 0.3) is 11.5 Å². The van der Waals surface area contributed by atoms with Crippen molar-refractivity contribution in [1.29, 1.82) is 0 Å². The molecule has 0 spiro atoms. The van der Waals surface area contributed by atoms with Gasteiger partial charge >= 0.3 is 6.18 Å². The SMILES string of the molecule is Cc1cccc(-c2nnc([C@H](C)[NH+](C)Cc3ccc(C(F)(F)F)cc3)o2)c1. The van der Waals surface area contributed by atoms with Gasteiger partial charge in [-0.05, 0) is 38.1 Å². The maximum absolute atomic E-state index is 12.7. The second kappa shape index (κ2) is 7.52. The number of halogens is 3. The molecule has 1 aromatic heterocycles. The molecule has 1 heterocycles. The summed E-state index contributed by atoms with van der Waals surface area (Å²) in [5.74, 6) is 0.957. The summed E-state index contributed by atoms with van der Waals surface area (Å²) in [5, 5.41) is 8.27. The standard InChI is InChI=1S/C20H20F3N3O/c1-13-5-4-6-16(11-13)19-25-24-18(27-19)14(2)26(3)12-15-7-9-17(10-8-15)20(21,22)23/h4-11,14H,12H2,1-3H3/p+1/t14-/m0/s1. The molecule has 0 fully saturated rings. The largest absolute Gasteiger partial charge is 0.416 e. The third kappa shape index (κ3) is 4.54. The van der Waals surface area contributed by atoms with Gasteiger partial charge in [0.15, 0.2) is 6.04 Å². The average molecular weight is 376 g/mol. The first-order valence-corrected chi connectivity index (χ1v) is 8.63. The van der Waals surface area contributed by atoms with E-state index in [0.29, 0.717) is 18.3 Å². The predicted molar refractivity (Wildman–Crippen MR) is 94.9 cm³/mol. The Morgan fingerprint density at radius 1 is 1.07 bits per heavy atom. The topological polar surface area (TPSA) is 43.4 Å². The van der Waals surface area contributed by atoms with Crippen LogP contribution in [0.1, 0.15) is 35.5 Å². The summed E-state index contributed by atoms with van der Waals surface area (Å²) in [6, 6.07) is 12.9. The molecule has 4 nitrogen and oxygen atoms in total. The maximum atomic E-state index is 12.7. The van der Waals surface area contributed by atoms with Crippen LogP contribution in [0.4, 0.5) is 13.2 Å². The van der Waals surface area contributed by atoms with Crippen LogP contribution in [0.15, 0.2) is 52.9 Å². The fourth-order valence-corrected chi connectivity index (χ4v) is 2.80. The fraction of sp³-hybridized carbons (Fsp3) is 0.300. The molecule has 2 atom stereocenters. The fourth-order valence-electron chi connectivity index (χ4n) is 2.80. The quantitative estimate of drug-likeness (QED) is 0.736. The summed E-state index contributed by atoms with van der Waals surface area (Å²) in [4.78, 5) is 1.04. The minimum atomic E-state index is -4.32. The molecular formula is C20H21F3N3O+. The van der Waals surface area contributed by atoms with Crippen LogP contribution in [0.2, 0.25) is 0 Å². The van der Waals surface area contributed by atoms with Gasteiger partial charge < -0.3 is 9.32 Å². The van der Waals surface area contributed by atoms with Crippen molar-refractivity contribution in [3.8, 4) is 11.5 Å². The number of hydrogen-bond donors (Lipinski definition) is 1. The molecule has 0 aliphatic heterocycles. The molecule has 1 unspecified atom stereocenters. The Kier molecular flexibility index (Phi) is 5.32. The maximum Gasteiger partial charge on any atom is 0.416 e. The van der Waals surface area contributed by atoms with Gasteiger partial charge in [-0.1, -0.05) is 29.8 Å². The highest BCUT2D eigenvalue weighted by atomic mass is 19.4. The first-order valence-electron chi connectivity index (χ1n) is 8.63. The second-order valence-corrected chi connectivity index (χ2v) is 6.75. The van der Waals surface area contributed by atoms with Crippen LogP contribution in [-0.2, 0) is 12.7 Å². The van der Waals surface area contributed by atoms with Gasteiger partial charge in [0.25, 0.3) is 5.89 Å². The van der Waals surface area contributed by atoms with E-state index in [9.17, 15) is 13.2 Å². The van der Waals surface area contributed by atoms with Gasteiger partial charge in [0.1, 0.15) is 6.54 Å². The number of benzene rings is 2. The number of nitrogens with zero attached hydrogens (tertiary/aromatic N) is 2. The van der Waals surface area contributed by atoms with Crippen LogP contribution in [0, 0.1) is 6.92 Å². The summed E-state index contributed by atoms with van der Waals surface area (Å²) in [5.41, 5.74) is 2.13. The van der Waals surface area contributed by atoms with Crippen molar-refractivity contribution >= 4 is 0 Å². The zero-order valence-corrected chi connectivity index (χ0v) is 15.3. The predicted octanol–water partition coefficient (Wildman–Crippen LogP) is 3.84. The van der Waals surface area contributed by atoms with E-state index in [4.69, 9.17) is 4.42 Å². The number of quaternary nitrogens is 1. The highest BCUT2D eigenvalue weighted by Gasteiger charge is 2.30. The molecule has 3 aromatic rings. The van der Waals surface area contributed by atoms with Crippen molar-refractivity contribution in [2.45, 2.75) is 32.6 Å². The van der Waals surface area contributed by atoms with Gasteiger partial charge in [-0.25, -0.2) is 0 Å². The van der Waals surface area contributed by atoms with Gasteiger partial charge in [-0.2, -0.15) is 13.2 Å². The molecule has 0 bridgehead atoms. The van der Waals surface area contributed by atoms with E-state index < -0.39 is 11.7 Å². The van der Waals surface area contributed by atoms with Crippen LogP contribution in [-0.4, -0.2) is 17.2 Å². The van der Waals surface area contributed by atoms with E-state index in [2.05, 4.69) is 10.2 Å². The molecule has 27 heavy (non-hydrogen) atoms. The van der Waals surface area contributed by atoms with E-state index >= 15 is 0 Å². The lowest BCUT2D eigenvalue weighted by molar-refractivity contribution is -0.925. The highest BCUT2D eigenvalue weighted by Crippen LogP contribution is 2.29. The van der Waals surface area contributed by atoms with Crippen LogP contribution in [0.3, 0.4) is 0 Å². The molecule has 2 aromatic carbocycles. The van der Waals surface area contributed by atoms with Crippen LogP contribution in [0.5, 0.6) is 0 Å². The minimum absolute atomic E-state index is 0.0987. The number of alkyl halides is 3. The zero-order chi connectivity index (χ0) is 19.6. The number of nitrogens with one attached hydrogen (secondary N) is 1. The molecule has 0 aliphatic carbocycles. The molecule has 1 N–H and O–H groups in total. The number of hydrogen-bond acceptors (Lipinski definition) is 3. The van der Waals surface area contributed by atoms with Gasteiger partial charge in [0.2, 0.25) is 5.89 Å². The third-order valence-corrected chi connectivity index (χ3v) is 4.58. The summed E-state index contributed by atoms with van der Waals surface area (Å²) >= 11 is 0. The lowest BCUT2D eigenvalue weighted by Gasteiger charge is -2.19. The monoisotopic (exact) mass is 376 g/mol. The van der Waals surface area contributed by atoms with Crippen molar-refractivity contribution in [1.82, 2.24) is 10.2 Å². The Morgan fingerprint density at radius 3 is 2.41 bits per heavy atom. The van der Waals surface area contributed by atoms with Gasteiger partial charge in [0, 0.05) is 11.1 Å². The zero-order valence-electron chi connectivity index (χ0n) is 15.3. The van der Waals surface area contributed by atoms with E-state index in [1.165, 1.54) is 12.1 Å². The van der Waals surface area contributed by atoms with E-state index in [-0.39, 0.29) is 6.04 Å². The summed E-state index contributed by atoms with van der Waals surface area (Å²) in [7, 11) is 1.94. The normalized spacial score (nSPS) is 14.1. The van der Waals surface area contributed by atoms with Crippen LogP contribution >= 0.6 is 0 Å². The summed E-state index contributed by atoms with van der Waals surface area (Å²) < 4.78 is 43.8. The molecular weight excluding hydrogens is 355 g/mol. The lowest BCUT2D eigenvalue weighted by atomic mass is 10.1. The first kappa shape index (κ1) is 19.1. The van der Waals surface area contributed by atoms with Crippen molar-refractivity contribution in [3.05, 3.63) is 71.1 Å². The number of aryl methyl sites for hydroxylation is 1. The Hall–Kier alpha value is -2.67. The second-order valence-electron chi connectivity index (χ2n) is 6.75. The van der Waals surface area contributed by atoms with Crippen molar-refractivity contribution < 1.29 is 22.5 Å². The van der Waals surface area contributed by atoms with Gasteiger partial charge in [-0.15, -0.1) is 10.2 Å². The molecule has 7 heteroatoms. The molecule has 3 rings (SSSR count). The van der Waals surface area contributed by atoms with Crippen molar-refractivity contribution in [2.75, 3.05) is 7.05 Å². The Morgan fingerprint density at radius 2 is 1.78 bits per heavy atom. The van der Waals surface area contributed by atoms with E-state index in [1.54, 1.807) is 0 Å². The molecule has 0 amide bonds.